The van der Waals surface area contributed by atoms with Crippen LogP contribution in [-0.2, 0) is 29.7 Å². The van der Waals surface area contributed by atoms with E-state index in [0.29, 0.717) is 32.8 Å². The monoisotopic (exact) mass is 417 g/mol. The summed E-state index contributed by atoms with van der Waals surface area (Å²) < 4.78 is 7.25. The molecule has 7 heteroatoms. The third-order valence-electron chi connectivity index (χ3n) is 6.04. The Morgan fingerprint density at radius 2 is 1.94 bits per heavy atom. The van der Waals surface area contributed by atoms with Crippen molar-refractivity contribution in [1.82, 2.24) is 24.6 Å². The Bertz CT molecular complexity index is 1040. The topological polar surface area (TPSA) is 63.5 Å². The summed E-state index contributed by atoms with van der Waals surface area (Å²) in [7, 11) is 1.93. The first-order chi connectivity index (χ1) is 15.2. The van der Waals surface area contributed by atoms with Crippen LogP contribution in [0.3, 0.4) is 0 Å². The van der Waals surface area contributed by atoms with Gasteiger partial charge in [0.25, 0.3) is 0 Å². The Morgan fingerprint density at radius 3 is 2.68 bits per heavy atom. The molecule has 1 aromatic carbocycles. The van der Waals surface area contributed by atoms with E-state index in [2.05, 4.69) is 39.2 Å². The third kappa shape index (κ3) is 4.24. The minimum atomic E-state index is -0.226. The first kappa shape index (κ1) is 19.9. The van der Waals surface area contributed by atoms with Crippen molar-refractivity contribution in [1.29, 1.82) is 0 Å². The highest BCUT2D eigenvalue weighted by atomic mass is 16.5. The predicted octanol–water partition coefficient (Wildman–Crippen LogP) is 2.44. The maximum atomic E-state index is 13.3. The quantitative estimate of drug-likeness (QED) is 0.653. The molecule has 0 bridgehead atoms. The molecule has 4 heterocycles. The standard InChI is InChI=1S/C24H27N5O2/c1-27-15-20-16-28(14-18-5-7-19(8-6-18)22-4-2-3-9-25-22)17-21(23(20)26-27)24(30)29-10-12-31-13-11-29/h2-9,15,21H,10-14,16-17H2,1H3/t21-/m1/s1. The summed E-state index contributed by atoms with van der Waals surface area (Å²) in [4.78, 5) is 22.0. The van der Waals surface area contributed by atoms with Crippen LogP contribution in [0.5, 0.6) is 0 Å². The maximum absolute atomic E-state index is 13.3. The predicted molar refractivity (Wildman–Crippen MR) is 117 cm³/mol. The number of rotatable bonds is 4. The van der Waals surface area contributed by atoms with E-state index in [0.717, 1.165) is 35.6 Å². The van der Waals surface area contributed by atoms with Crippen LogP contribution in [0.2, 0.25) is 0 Å². The Balaban J connectivity index is 1.33. The zero-order valence-electron chi connectivity index (χ0n) is 17.8. The molecule has 2 aliphatic heterocycles. The van der Waals surface area contributed by atoms with Crippen molar-refractivity contribution >= 4 is 5.91 Å². The van der Waals surface area contributed by atoms with Gasteiger partial charge in [-0.15, -0.1) is 0 Å². The number of aromatic nitrogens is 3. The van der Waals surface area contributed by atoms with E-state index in [1.54, 1.807) is 0 Å². The second-order valence-electron chi connectivity index (χ2n) is 8.29. The number of carbonyl (C=O) groups is 1. The first-order valence-electron chi connectivity index (χ1n) is 10.8. The molecule has 0 N–H and O–H groups in total. The van der Waals surface area contributed by atoms with E-state index in [1.807, 2.05) is 47.2 Å². The molecule has 0 radical (unpaired) electrons. The zero-order valence-corrected chi connectivity index (χ0v) is 17.8. The smallest absolute Gasteiger partial charge is 0.233 e. The van der Waals surface area contributed by atoms with Crippen molar-refractivity contribution < 1.29 is 9.53 Å². The minimum absolute atomic E-state index is 0.165. The van der Waals surface area contributed by atoms with Gasteiger partial charge in [-0.05, 0) is 17.7 Å². The van der Waals surface area contributed by atoms with Crippen LogP contribution < -0.4 is 0 Å². The van der Waals surface area contributed by atoms with Crippen LogP contribution >= 0.6 is 0 Å². The molecule has 0 spiro atoms. The van der Waals surface area contributed by atoms with Crippen LogP contribution in [0.15, 0.2) is 54.9 Å². The lowest BCUT2D eigenvalue weighted by Gasteiger charge is -2.35. The number of fused-ring (bicyclic) bond motifs is 1. The third-order valence-corrected chi connectivity index (χ3v) is 6.04. The maximum Gasteiger partial charge on any atom is 0.233 e. The molecular formula is C24H27N5O2. The highest BCUT2D eigenvalue weighted by Gasteiger charge is 2.36. The molecule has 160 valence electrons. The normalized spacial score (nSPS) is 19.3. The van der Waals surface area contributed by atoms with E-state index in [4.69, 9.17) is 4.74 Å². The molecule has 3 aromatic rings. The Hall–Kier alpha value is -3.03. The molecule has 2 aliphatic rings. The lowest BCUT2D eigenvalue weighted by atomic mass is 9.94. The first-order valence-corrected chi connectivity index (χ1v) is 10.8. The van der Waals surface area contributed by atoms with Crippen molar-refractivity contribution in [3.05, 3.63) is 71.7 Å². The molecule has 1 fully saturated rings. The van der Waals surface area contributed by atoms with E-state index in [-0.39, 0.29) is 11.8 Å². The van der Waals surface area contributed by atoms with E-state index < -0.39 is 0 Å². The number of nitrogens with zero attached hydrogens (tertiary/aromatic N) is 5. The summed E-state index contributed by atoms with van der Waals surface area (Å²) in [5.74, 6) is -0.0608. The van der Waals surface area contributed by atoms with Gasteiger partial charge in [0.05, 0.1) is 30.5 Å². The molecule has 7 nitrogen and oxygen atoms in total. The number of morpholine rings is 1. The number of pyridine rings is 1. The molecule has 1 amide bonds. The Kier molecular flexibility index (Phi) is 5.53. The van der Waals surface area contributed by atoms with Gasteiger partial charge in [-0.3, -0.25) is 19.4 Å². The summed E-state index contributed by atoms with van der Waals surface area (Å²) in [5.41, 5.74) is 5.39. The van der Waals surface area contributed by atoms with Crippen molar-refractivity contribution in [2.24, 2.45) is 7.05 Å². The SMILES string of the molecule is Cn1cc2c(n1)[C@H](C(=O)N1CCOCC1)CN(Cc1ccc(-c3ccccn3)cc1)C2. The van der Waals surface area contributed by atoms with Crippen molar-refractivity contribution in [3.63, 3.8) is 0 Å². The van der Waals surface area contributed by atoms with Crippen molar-refractivity contribution in [2.45, 2.75) is 19.0 Å². The van der Waals surface area contributed by atoms with Crippen LogP contribution in [0.1, 0.15) is 22.7 Å². The molecule has 2 aromatic heterocycles. The number of ether oxygens (including phenoxy) is 1. The van der Waals surface area contributed by atoms with Gasteiger partial charge in [0, 0.05) is 63.3 Å². The van der Waals surface area contributed by atoms with Crippen LogP contribution in [0.25, 0.3) is 11.3 Å². The fourth-order valence-electron chi connectivity index (χ4n) is 4.51. The van der Waals surface area contributed by atoms with Gasteiger partial charge in [0.15, 0.2) is 0 Å². The van der Waals surface area contributed by atoms with Gasteiger partial charge in [0.2, 0.25) is 5.91 Å². The molecule has 0 aliphatic carbocycles. The summed E-state index contributed by atoms with van der Waals surface area (Å²) in [5, 5.41) is 4.64. The van der Waals surface area contributed by atoms with Gasteiger partial charge in [-0.1, -0.05) is 30.3 Å². The average molecular weight is 418 g/mol. The second-order valence-corrected chi connectivity index (χ2v) is 8.29. The van der Waals surface area contributed by atoms with Crippen LogP contribution in [-0.4, -0.2) is 63.3 Å². The van der Waals surface area contributed by atoms with E-state index in [1.165, 1.54) is 5.56 Å². The Morgan fingerprint density at radius 1 is 1.13 bits per heavy atom. The molecular weight excluding hydrogens is 390 g/mol. The van der Waals surface area contributed by atoms with Crippen LogP contribution in [0.4, 0.5) is 0 Å². The molecule has 0 unspecified atom stereocenters. The van der Waals surface area contributed by atoms with Gasteiger partial charge in [-0.25, -0.2) is 0 Å². The van der Waals surface area contributed by atoms with Gasteiger partial charge < -0.3 is 9.64 Å². The molecule has 1 atom stereocenters. The molecule has 0 saturated carbocycles. The number of benzene rings is 1. The number of carbonyl (C=O) groups excluding carboxylic acids is 1. The summed E-state index contributed by atoms with van der Waals surface area (Å²) >= 11 is 0. The second kappa shape index (κ2) is 8.61. The van der Waals surface area contributed by atoms with E-state index >= 15 is 0 Å². The highest BCUT2D eigenvalue weighted by molar-refractivity contribution is 5.84. The molecule has 5 rings (SSSR count). The average Bonchev–Trinajstić information content (AvgIpc) is 3.20. The zero-order chi connectivity index (χ0) is 21.2. The summed E-state index contributed by atoms with van der Waals surface area (Å²) in [6.07, 6.45) is 3.86. The fourth-order valence-corrected chi connectivity index (χ4v) is 4.51. The van der Waals surface area contributed by atoms with Crippen molar-refractivity contribution in [2.75, 3.05) is 32.8 Å². The lowest BCUT2D eigenvalue weighted by Crippen LogP contribution is -2.47. The number of aryl methyl sites for hydroxylation is 1. The number of hydrogen-bond acceptors (Lipinski definition) is 5. The van der Waals surface area contributed by atoms with E-state index in [9.17, 15) is 4.79 Å². The minimum Gasteiger partial charge on any atom is -0.378 e. The van der Waals surface area contributed by atoms with Crippen molar-refractivity contribution in [3.8, 4) is 11.3 Å². The largest absolute Gasteiger partial charge is 0.378 e. The fraction of sp³-hybridized carbons (Fsp3) is 0.375. The van der Waals surface area contributed by atoms with Crippen LogP contribution in [0, 0.1) is 0 Å². The molecule has 1 saturated heterocycles. The summed E-state index contributed by atoms with van der Waals surface area (Å²) in [6, 6.07) is 14.5. The number of hydrogen-bond donors (Lipinski definition) is 0. The summed E-state index contributed by atoms with van der Waals surface area (Å²) in [6.45, 7) is 4.82. The molecule has 31 heavy (non-hydrogen) atoms. The highest BCUT2D eigenvalue weighted by Crippen LogP contribution is 2.30. The van der Waals surface area contributed by atoms with Gasteiger partial charge in [0.1, 0.15) is 0 Å². The number of amides is 1. The lowest BCUT2D eigenvalue weighted by molar-refractivity contribution is -0.137. The Labute approximate surface area is 182 Å². The van der Waals surface area contributed by atoms with Gasteiger partial charge >= 0.3 is 0 Å². The van der Waals surface area contributed by atoms with Gasteiger partial charge in [-0.2, -0.15) is 5.10 Å².